The van der Waals surface area contributed by atoms with E-state index < -0.39 is 0 Å². The topological polar surface area (TPSA) is 29.1 Å². The molecule has 0 amide bonds. The van der Waals surface area contributed by atoms with Crippen molar-refractivity contribution in [1.82, 2.24) is 5.32 Å². The molecule has 80 valence electrons. The van der Waals surface area contributed by atoms with Crippen molar-refractivity contribution in [1.29, 1.82) is 0 Å². The van der Waals surface area contributed by atoms with Gasteiger partial charge in [0.1, 0.15) is 0 Å². The van der Waals surface area contributed by atoms with E-state index in [1.165, 1.54) is 0 Å². The average Bonchev–Trinajstić information content (AvgIpc) is 2.29. The van der Waals surface area contributed by atoms with Crippen LogP contribution >= 0.6 is 0 Å². The van der Waals surface area contributed by atoms with Crippen LogP contribution in [0.4, 0.5) is 0 Å². The third-order valence-electron chi connectivity index (χ3n) is 2.97. The van der Waals surface area contributed by atoms with Crippen molar-refractivity contribution in [2.75, 3.05) is 13.1 Å². The summed E-state index contributed by atoms with van der Waals surface area (Å²) < 4.78 is 0. The predicted molar refractivity (Wildman–Crippen MR) is 61.1 cm³/mol. The molecule has 1 aliphatic rings. The molecule has 0 radical (unpaired) electrons. The summed E-state index contributed by atoms with van der Waals surface area (Å²) in [6.45, 7) is 3.92. The fraction of sp³-hybridized carbons (Fsp3) is 0.462. The van der Waals surface area contributed by atoms with E-state index in [-0.39, 0.29) is 5.92 Å². The predicted octanol–water partition coefficient (Wildman–Crippen LogP) is 2.18. The molecule has 1 aromatic rings. The van der Waals surface area contributed by atoms with Gasteiger partial charge in [-0.3, -0.25) is 4.79 Å². The molecular formula is C13H17NO. The smallest absolute Gasteiger partial charge is 0.167 e. The number of Topliss-reactive ketones (excluding diaryl/α,β-unsaturated/α-hetero) is 1. The van der Waals surface area contributed by atoms with Crippen molar-refractivity contribution < 1.29 is 4.79 Å². The molecule has 0 spiro atoms. The van der Waals surface area contributed by atoms with Crippen LogP contribution in [-0.2, 0) is 0 Å². The van der Waals surface area contributed by atoms with Crippen molar-refractivity contribution >= 4 is 5.78 Å². The number of rotatable bonds is 2. The Labute approximate surface area is 90.7 Å². The lowest BCUT2D eigenvalue weighted by molar-refractivity contribution is 0.0899. The van der Waals surface area contributed by atoms with Crippen molar-refractivity contribution in [3.8, 4) is 0 Å². The van der Waals surface area contributed by atoms with Crippen LogP contribution in [0.25, 0.3) is 0 Å². The highest BCUT2D eigenvalue weighted by molar-refractivity contribution is 5.98. The van der Waals surface area contributed by atoms with Gasteiger partial charge in [-0.05, 0) is 32.4 Å². The Hall–Kier alpha value is -1.15. The zero-order valence-electron chi connectivity index (χ0n) is 9.12. The number of piperidine rings is 1. The number of hydrogen-bond donors (Lipinski definition) is 1. The summed E-state index contributed by atoms with van der Waals surface area (Å²) in [5.41, 5.74) is 2.02. The fourth-order valence-electron chi connectivity index (χ4n) is 2.11. The minimum absolute atomic E-state index is 0.181. The lowest BCUT2D eigenvalue weighted by atomic mass is 9.90. The van der Waals surface area contributed by atoms with Gasteiger partial charge in [0.2, 0.25) is 0 Å². The molecule has 2 rings (SSSR count). The maximum atomic E-state index is 12.1. The highest BCUT2D eigenvalue weighted by atomic mass is 16.1. The number of benzene rings is 1. The third-order valence-corrected chi connectivity index (χ3v) is 2.97. The minimum Gasteiger partial charge on any atom is -0.316 e. The molecule has 0 bridgehead atoms. The van der Waals surface area contributed by atoms with E-state index in [0.717, 1.165) is 37.1 Å². The Bertz CT molecular complexity index is 353. The molecule has 15 heavy (non-hydrogen) atoms. The minimum atomic E-state index is 0.181. The van der Waals surface area contributed by atoms with E-state index in [9.17, 15) is 4.79 Å². The van der Waals surface area contributed by atoms with E-state index in [0.29, 0.717) is 5.78 Å². The van der Waals surface area contributed by atoms with Crippen molar-refractivity contribution in [3.63, 3.8) is 0 Å². The van der Waals surface area contributed by atoms with Crippen LogP contribution in [0.15, 0.2) is 24.3 Å². The van der Waals surface area contributed by atoms with Gasteiger partial charge in [-0.15, -0.1) is 0 Å². The van der Waals surface area contributed by atoms with E-state index in [1.54, 1.807) is 0 Å². The molecule has 1 aromatic carbocycles. The Morgan fingerprint density at radius 3 is 3.00 bits per heavy atom. The number of hydrogen-bond acceptors (Lipinski definition) is 2. The molecule has 1 aliphatic heterocycles. The number of carbonyl (C=O) groups is 1. The quantitative estimate of drug-likeness (QED) is 0.746. The number of carbonyl (C=O) groups excluding carboxylic acids is 1. The van der Waals surface area contributed by atoms with Gasteiger partial charge in [-0.25, -0.2) is 0 Å². The van der Waals surface area contributed by atoms with Crippen molar-refractivity contribution in [2.45, 2.75) is 19.8 Å². The number of nitrogens with one attached hydrogen (secondary N) is 1. The van der Waals surface area contributed by atoms with Crippen LogP contribution in [0, 0.1) is 12.8 Å². The summed E-state index contributed by atoms with van der Waals surface area (Å²) in [6.07, 6.45) is 2.14. The van der Waals surface area contributed by atoms with Gasteiger partial charge in [0.05, 0.1) is 0 Å². The highest BCUT2D eigenvalue weighted by Gasteiger charge is 2.21. The van der Waals surface area contributed by atoms with Crippen LogP contribution in [0.5, 0.6) is 0 Å². The summed E-state index contributed by atoms with van der Waals surface area (Å²) in [5.74, 6) is 0.478. The monoisotopic (exact) mass is 203 g/mol. The van der Waals surface area contributed by atoms with Gasteiger partial charge >= 0.3 is 0 Å². The van der Waals surface area contributed by atoms with Crippen molar-refractivity contribution in [2.24, 2.45) is 5.92 Å². The summed E-state index contributed by atoms with van der Waals surface area (Å²) in [5, 5.41) is 3.28. The lowest BCUT2D eigenvalue weighted by Gasteiger charge is -2.21. The first-order chi connectivity index (χ1) is 7.27. The first kappa shape index (κ1) is 10.4. The third kappa shape index (κ3) is 2.45. The Kier molecular flexibility index (Phi) is 3.17. The molecule has 1 atom stereocenters. The number of aryl methyl sites for hydroxylation is 1. The van der Waals surface area contributed by atoms with Gasteiger partial charge < -0.3 is 5.32 Å². The molecule has 2 nitrogen and oxygen atoms in total. The Morgan fingerprint density at radius 2 is 2.33 bits per heavy atom. The summed E-state index contributed by atoms with van der Waals surface area (Å²) in [4.78, 5) is 12.1. The highest BCUT2D eigenvalue weighted by Crippen LogP contribution is 2.17. The molecule has 2 heteroatoms. The van der Waals surface area contributed by atoms with Crippen LogP contribution in [0.2, 0.25) is 0 Å². The first-order valence-corrected chi connectivity index (χ1v) is 5.59. The summed E-state index contributed by atoms with van der Waals surface area (Å²) in [7, 11) is 0. The standard InChI is InChI=1S/C13H17NO/c1-10-4-2-5-11(8-10)13(15)12-6-3-7-14-9-12/h2,4-5,8,12,14H,3,6-7,9H2,1H3. The van der Waals surface area contributed by atoms with Crippen molar-refractivity contribution in [3.05, 3.63) is 35.4 Å². The SMILES string of the molecule is Cc1cccc(C(=O)C2CCCNC2)c1. The summed E-state index contributed by atoms with van der Waals surface area (Å²) in [6, 6.07) is 7.88. The maximum Gasteiger partial charge on any atom is 0.167 e. The van der Waals surface area contributed by atoms with Crippen LogP contribution in [0.3, 0.4) is 0 Å². The number of ketones is 1. The van der Waals surface area contributed by atoms with Gasteiger partial charge in [-0.2, -0.15) is 0 Å². The Morgan fingerprint density at radius 1 is 1.47 bits per heavy atom. The zero-order chi connectivity index (χ0) is 10.7. The molecule has 1 fully saturated rings. The van der Waals surface area contributed by atoms with Gasteiger partial charge in [0.25, 0.3) is 0 Å². The molecule has 0 aromatic heterocycles. The summed E-state index contributed by atoms with van der Waals surface area (Å²) >= 11 is 0. The largest absolute Gasteiger partial charge is 0.316 e. The molecule has 1 N–H and O–H groups in total. The van der Waals surface area contributed by atoms with E-state index >= 15 is 0 Å². The van der Waals surface area contributed by atoms with Crippen LogP contribution < -0.4 is 5.32 Å². The molecule has 1 unspecified atom stereocenters. The van der Waals surface area contributed by atoms with Crippen LogP contribution in [0.1, 0.15) is 28.8 Å². The van der Waals surface area contributed by atoms with Gasteiger partial charge in [0.15, 0.2) is 5.78 Å². The normalized spacial score (nSPS) is 21.3. The second-order valence-electron chi connectivity index (χ2n) is 4.28. The lowest BCUT2D eigenvalue weighted by Crippen LogP contribution is -2.34. The first-order valence-electron chi connectivity index (χ1n) is 5.59. The van der Waals surface area contributed by atoms with Gasteiger partial charge in [0, 0.05) is 18.0 Å². The second kappa shape index (κ2) is 4.58. The second-order valence-corrected chi connectivity index (χ2v) is 4.28. The molecule has 1 heterocycles. The van der Waals surface area contributed by atoms with Crippen LogP contribution in [-0.4, -0.2) is 18.9 Å². The fourth-order valence-corrected chi connectivity index (χ4v) is 2.11. The molecule has 0 saturated carbocycles. The molecular weight excluding hydrogens is 186 g/mol. The molecule has 0 aliphatic carbocycles. The van der Waals surface area contributed by atoms with E-state index in [2.05, 4.69) is 5.32 Å². The maximum absolute atomic E-state index is 12.1. The van der Waals surface area contributed by atoms with E-state index in [1.807, 2.05) is 31.2 Å². The van der Waals surface area contributed by atoms with E-state index in [4.69, 9.17) is 0 Å². The van der Waals surface area contributed by atoms with Gasteiger partial charge in [-0.1, -0.05) is 23.8 Å². The molecule has 1 saturated heterocycles. The zero-order valence-corrected chi connectivity index (χ0v) is 9.12. The average molecular weight is 203 g/mol. The Balaban J connectivity index is 2.12.